The number of aliphatic hydroxyl groups excluding tert-OH is 1. The zero-order chi connectivity index (χ0) is 12.7. The van der Waals surface area contributed by atoms with Gasteiger partial charge in [-0.25, -0.2) is 9.59 Å². The number of carbonyl (C=O) groups excluding carboxylic acids is 1. The second-order valence-corrected chi connectivity index (χ2v) is 4.28. The number of carboxylic acid groups (broad SMARTS) is 1. The Kier molecular flexibility index (Phi) is 5.76. The van der Waals surface area contributed by atoms with Crippen molar-refractivity contribution in [3.8, 4) is 0 Å². The number of carbonyl (C=O) groups is 2. The Labute approximate surface area is 101 Å². The summed E-state index contributed by atoms with van der Waals surface area (Å²) in [5, 5.41) is 19.9. The molecule has 0 aromatic carbocycles. The Hall–Kier alpha value is -1.30. The molecule has 6 heteroatoms. The van der Waals surface area contributed by atoms with Gasteiger partial charge in [0.1, 0.15) is 0 Å². The lowest BCUT2D eigenvalue weighted by Gasteiger charge is -2.26. The molecule has 2 amide bonds. The molecule has 98 valence electrons. The molecule has 0 saturated carbocycles. The topological polar surface area (TPSA) is 89.9 Å². The fraction of sp³-hybridized carbons (Fsp3) is 0.818. The first-order chi connectivity index (χ1) is 8.15. The zero-order valence-corrected chi connectivity index (χ0v) is 9.89. The van der Waals surface area contributed by atoms with Gasteiger partial charge in [-0.1, -0.05) is 19.3 Å². The van der Waals surface area contributed by atoms with Gasteiger partial charge in [0.15, 0.2) is 6.04 Å². The second-order valence-electron chi connectivity index (χ2n) is 4.28. The molecule has 0 unspecified atom stereocenters. The summed E-state index contributed by atoms with van der Waals surface area (Å²) >= 11 is 0. The Morgan fingerprint density at radius 1 is 1.12 bits per heavy atom. The molecular weight excluding hydrogens is 224 g/mol. The Morgan fingerprint density at radius 2 is 1.65 bits per heavy atom. The number of nitrogens with zero attached hydrogens (tertiary/aromatic N) is 1. The number of aliphatic hydroxyl groups is 1. The van der Waals surface area contributed by atoms with E-state index in [0.717, 1.165) is 25.7 Å². The third-order valence-corrected chi connectivity index (χ3v) is 2.92. The number of hydrogen-bond donors (Lipinski definition) is 3. The molecule has 1 aliphatic rings. The van der Waals surface area contributed by atoms with Gasteiger partial charge >= 0.3 is 12.0 Å². The van der Waals surface area contributed by atoms with E-state index in [-0.39, 0.29) is 0 Å². The van der Waals surface area contributed by atoms with Gasteiger partial charge in [-0.05, 0) is 12.8 Å². The number of aliphatic carboxylic acids is 1. The number of likely N-dealkylation sites (tertiary alicyclic amines) is 1. The highest BCUT2D eigenvalue weighted by Gasteiger charge is 2.22. The van der Waals surface area contributed by atoms with Gasteiger partial charge in [0, 0.05) is 13.1 Å². The molecule has 3 N–H and O–H groups in total. The first kappa shape index (κ1) is 13.8. The maximum Gasteiger partial charge on any atom is 0.328 e. The highest BCUT2D eigenvalue weighted by Crippen LogP contribution is 2.10. The number of amides is 2. The van der Waals surface area contributed by atoms with E-state index in [9.17, 15) is 9.59 Å². The quantitative estimate of drug-likeness (QED) is 0.670. The molecule has 0 aromatic rings. The van der Waals surface area contributed by atoms with Crippen molar-refractivity contribution in [2.75, 3.05) is 19.7 Å². The molecule has 6 nitrogen and oxygen atoms in total. The van der Waals surface area contributed by atoms with E-state index in [1.165, 1.54) is 6.42 Å². The van der Waals surface area contributed by atoms with Crippen LogP contribution < -0.4 is 5.32 Å². The van der Waals surface area contributed by atoms with Crippen molar-refractivity contribution in [1.29, 1.82) is 0 Å². The number of nitrogens with one attached hydrogen (secondary N) is 1. The van der Waals surface area contributed by atoms with Crippen LogP contribution in [0.5, 0.6) is 0 Å². The van der Waals surface area contributed by atoms with Gasteiger partial charge in [-0.2, -0.15) is 0 Å². The van der Waals surface area contributed by atoms with Crippen LogP contribution in [0.25, 0.3) is 0 Å². The molecular formula is C11H20N2O4. The third kappa shape index (κ3) is 4.60. The summed E-state index contributed by atoms with van der Waals surface area (Å²) in [7, 11) is 0. The van der Waals surface area contributed by atoms with E-state index in [0.29, 0.717) is 13.1 Å². The van der Waals surface area contributed by atoms with Crippen LogP contribution in [0.2, 0.25) is 0 Å². The van der Waals surface area contributed by atoms with Crippen LogP contribution in [-0.2, 0) is 4.79 Å². The lowest BCUT2D eigenvalue weighted by atomic mass is 10.1. The van der Waals surface area contributed by atoms with Crippen LogP contribution in [0.4, 0.5) is 4.79 Å². The predicted molar refractivity (Wildman–Crippen MR) is 61.7 cm³/mol. The van der Waals surface area contributed by atoms with Crippen molar-refractivity contribution in [3.05, 3.63) is 0 Å². The molecule has 0 radical (unpaired) electrons. The molecule has 1 atom stereocenters. The minimum atomic E-state index is -1.21. The number of hydrogen-bond acceptors (Lipinski definition) is 3. The van der Waals surface area contributed by atoms with Crippen molar-refractivity contribution >= 4 is 12.0 Å². The fourth-order valence-electron chi connectivity index (χ4n) is 1.88. The lowest BCUT2D eigenvalue weighted by molar-refractivity contribution is -0.140. The molecule has 0 bridgehead atoms. The van der Waals surface area contributed by atoms with Crippen molar-refractivity contribution < 1.29 is 19.8 Å². The molecule has 0 spiro atoms. The first-order valence-electron chi connectivity index (χ1n) is 6.04. The summed E-state index contributed by atoms with van der Waals surface area (Å²) in [5.74, 6) is -1.21. The standard InChI is InChI=1S/C11H20N2O4/c14-8-9(10(15)16)12-11(17)13-6-4-2-1-3-5-7-13/h9,14H,1-8H2,(H,12,17)(H,15,16)/t9-/m1/s1. The van der Waals surface area contributed by atoms with Crippen LogP contribution in [0.1, 0.15) is 32.1 Å². The highest BCUT2D eigenvalue weighted by molar-refractivity contribution is 5.82. The molecule has 1 heterocycles. The van der Waals surface area contributed by atoms with Crippen LogP contribution in [0, 0.1) is 0 Å². The zero-order valence-electron chi connectivity index (χ0n) is 9.89. The molecule has 1 rings (SSSR count). The smallest absolute Gasteiger partial charge is 0.328 e. The second kappa shape index (κ2) is 7.11. The van der Waals surface area contributed by atoms with E-state index >= 15 is 0 Å². The summed E-state index contributed by atoms with van der Waals surface area (Å²) in [6, 6.07) is -1.61. The van der Waals surface area contributed by atoms with Crippen LogP contribution in [0.15, 0.2) is 0 Å². The molecule has 1 fully saturated rings. The minimum absolute atomic E-state index is 0.395. The van der Waals surface area contributed by atoms with Gasteiger partial charge in [-0.15, -0.1) is 0 Å². The van der Waals surface area contributed by atoms with E-state index < -0.39 is 24.6 Å². The van der Waals surface area contributed by atoms with Crippen molar-refractivity contribution in [3.63, 3.8) is 0 Å². The van der Waals surface area contributed by atoms with Crippen molar-refractivity contribution in [2.45, 2.75) is 38.1 Å². The molecule has 1 saturated heterocycles. The summed E-state index contributed by atoms with van der Waals surface area (Å²) in [5.41, 5.74) is 0. The number of rotatable bonds is 3. The first-order valence-corrected chi connectivity index (χ1v) is 6.04. The van der Waals surface area contributed by atoms with Gasteiger partial charge in [0.2, 0.25) is 0 Å². The van der Waals surface area contributed by atoms with E-state index in [1.807, 2.05) is 0 Å². The molecule has 0 aliphatic carbocycles. The van der Waals surface area contributed by atoms with Crippen LogP contribution in [0.3, 0.4) is 0 Å². The van der Waals surface area contributed by atoms with E-state index in [2.05, 4.69) is 5.32 Å². The number of carboxylic acids is 1. The Morgan fingerprint density at radius 3 is 2.12 bits per heavy atom. The minimum Gasteiger partial charge on any atom is -0.480 e. The Bertz CT molecular complexity index is 262. The highest BCUT2D eigenvalue weighted by atomic mass is 16.4. The fourth-order valence-corrected chi connectivity index (χ4v) is 1.88. The normalized spacial score (nSPS) is 19.0. The van der Waals surface area contributed by atoms with E-state index in [4.69, 9.17) is 10.2 Å². The van der Waals surface area contributed by atoms with E-state index in [1.54, 1.807) is 4.90 Å². The SMILES string of the molecule is O=C(O)[C@@H](CO)NC(=O)N1CCCCCCC1. The summed E-state index contributed by atoms with van der Waals surface area (Å²) < 4.78 is 0. The van der Waals surface area contributed by atoms with Gasteiger partial charge in [-0.3, -0.25) is 0 Å². The monoisotopic (exact) mass is 244 g/mol. The third-order valence-electron chi connectivity index (χ3n) is 2.92. The van der Waals surface area contributed by atoms with Crippen LogP contribution in [-0.4, -0.2) is 52.9 Å². The maximum absolute atomic E-state index is 11.8. The molecule has 0 aromatic heterocycles. The van der Waals surface area contributed by atoms with Gasteiger partial charge in [0.05, 0.1) is 6.61 Å². The predicted octanol–water partition coefficient (Wildman–Crippen LogP) is 0.408. The summed E-state index contributed by atoms with van der Waals surface area (Å²) in [6.45, 7) is 0.724. The number of urea groups is 1. The average molecular weight is 244 g/mol. The van der Waals surface area contributed by atoms with Crippen molar-refractivity contribution in [2.24, 2.45) is 0 Å². The Balaban J connectivity index is 2.46. The lowest BCUT2D eigenvalue weighted by Crippen LogP contribution is -2.50. The largest absolute Gasteiger partial charge is 0.480 e. The van der Waals surface area contributed by atoms with Crippen molar-refractivity contribution in [1.82, 2.24) is 10.2 Å². The molecule has 17 heavy (non-hydrogen) atoms. The average Bonchev–Trinajstić information content (AvgIpc) is 2.24. The molecule has 1 aliphatic heterocycles. The van der Waals surface area contributed by atoms with Crippen LogP contribution >= 0.6 is 0 Å². The summed E-state index contributed by atoms with van der Waals surface area (Å²) in [6.07, 6.45) is 5.30. The maximum atomic E-state index is 11.8. The van der Waals surface area contributed by atoms with Gasteiger partial charge < -0.3 is 20.4 Å². The summed E-state index contributed by atoms with van der Waals surface area (Å²) in [4.78, 5) is 24.1. The van der Waals surface area contributed by atoms with Gasteiger partial charge in [0.25, 0.3) is 0 Å².